The van der Waals surface area contributed by atoms with Gasteiger partial charge in [0.25, 0.3) is 5.78 Å². The molecule has 4 rings (SSSR count). The van der Waals surface area contributed by atoms with Gasteiger partial charge in [-0.05, 0) is 50.3 Å². The molecule has 1 N–H and O–H groups in total. The number of benzene rings is 2. The number of anilines is 1. The van der Waals surface area contributed by atoms with Gasteiger partial charge in [-0.15, -0.1) is 5.10 Å². The van der Waals surface area contributed by atoms with E-state index in [1.165, 1.54) is 11.8 Å². The van der Waals surface area contributed by atoms with E-state index in [-0.39, 0.29) is 18.9 Å². The summed E-state index contributed by atoms with van der Waals surface area (Å²) in [7, 11) is 0. The van der Waals surface area contributed by atoms with E-state index in [0.29, 0.717) is 27.9 Å². The molecular formula is C25H25N5O3S. The van der Waals surface area contributed by atoms with Crippen LogP contribution in [0.4, 0.5) is 5.69 Å². The van der Waals surface area contributed by atoms with E-state index in [0.717, 1.165) is 22.4 Å². The minimum absolute atomic E-state index is 0.0811. The Bertz CT molecular complexity index is 1370. The van der Waals surface area contributed by atoms with Crippen molar-refractivity contribution in [1.29, 1.82) is 0 Å². The number of amides is 1. The SMILES string of the molecule is CCOC(=O)c1cc(-c2ccccc2)ccc1NC(=O)Cc1c(C)nc2nc(SC)nn2c1C. The number of nitrogens with one attached hydrogen (secondary N) is 1. The normalized spacial score (nSPS) is 10.9. The van der Waals surface area contributed by atoms with Gasteiger partial charge in [-0.3, -0.25) is 4.79 Å². The molecule has 2 heterocycles. The van der Waals surface area contributed by atoms with Crippen molar-refractivity contribution in [1.82, 2.24) is 19.6 Å². The highest BCUT2D eigenvalue weighted by Crippen LogP contribution is 2.26. The van der Waals surface area contributed by atoms with Crippen LogP contribution in [0.15, 0.2) is 53.7 Å². The summed E-state index contributed by atoms with van der Waals surface area (Å²) in [6, 6.07) is 15.1. The van der Waals surface area contributed by atoms with Crippen LogP contribution in [0.25, 0.3) is 16.9 Å². The number of aryl methyl sites for hydroxylation is 2. The predicted octanol–water partition coefficient (Wildman–Crippen LogP) is 4.49. The smallest absolute Gasteiger partial charge is 0.340 e. The van der Waals surface area contributed by atoms with Crippen LogP contribution in [-0.2, 0) is 16.0 Å². The van der Waals surface area contributed by atoms with Crippen molar-refractivity contribution in [3.63, 3.8) is 0 Å². The number of carbonyl (C=O) groups excluding carboxylic acids is 2. The summed E-state index contributed by atoms with van der Waals surface area (Å²) in [6.07, 6.45) is 1.98. The van der Waals surface area contributed by atoms with Crippen molar-refractivity contribution >= 4 is 35.1 Å². The molecule has 0 atom stereocenters. The summed E-state index contributed by atoms with van der Waals surface area (Å²) < 4.78 is 6.89. The molecule has 0 aliphatic rings. The van der Waals surface area contributed by atoms with Crippen LogP contribution >= 0.6 is 11.8 Å². The predicted molar refractivity (Wildman–Crippen MR) is 132 cm³/mol. The number of nitrogens with zero attached hydrogens (tertiary/aromatic N) is 4. The molecule has 9 heteroatoms. The number of rotatable bonds is 7. The number of esters is 1. The standard InChI is InChI=1S/C25H25N5O3S/c1-5-33-23(32)20-13-18(17-9-7-6-8-10-17)11-12-21(20)27-22(31)14-19-15(2)26-24-28-25(34-4)29-30(24)16(19)3/h6-13H,5,14H2,1-4H3,(H,27,31). The number of hydrogen-bond donors (Lipinski definition) is 1. The minimum Gasteiger partial charge on any atom is -0.462 e. The van der Waals surface area contributed by atoms with Crippen LogP contribution in [0.1, 0.15) is 34.2 Å². The number of ether oxygens (including phenoxy) is 1. The maximum absolute atomic E-state index is 13.0. The first-order valence-corrected chi connectivity index (χ1v) is 12.1. The molecule has 0 saturated carbocycles. The van der Waals surface area contributed by atoms with Crippen LogP contribution in [0, 0.1) is 13.8 Å². The molecule has 0 fully saturated rings. The third-order valence-corrected chi connectivity index (χ3v) is 5.98. The van der Waals surface area contributed by atoms with E-state index in [1.807, 2.05) is 56.5 Å². The molecule has 0 radical (unpaired) electrons. The molecule has 2 aromatic heterocycles. The summed E-state index contributed by atoms with van der Waals surface area (Å²) in [5.41, 5.74) is 4.81. The van der Waals surface area contributed by atoms with Crippen LogP contribution in [0.2, 0.25) is 0 Å². The van der Waals surface area contributed by atoms with Gasteiger partial charge in [-0.25, -0.2) is 14.3 Å². The molecule has 0 spiro atoms. The van der Waals surface area contributed by atoms with Gasteiger partial charge in [0, 0.05) is 17.0 Å². The first-order chi connectivity index (χ1) is 16.4. The van der Waals surface area contributed by atoms with E-state index < -0.39 is 5.97 Å². The van der Waals surface area contributed by atoms with Gasteiger partial charge >= 0.3 is 5.97 Å². The van der Waals surface area contributed by atoms with Crippen molar-refractivity contribution < 1.29 is 14.3 Å². The Labute approximate surface area is 201 Å². The van der Waals surface area contributed by atoms with E-state index in [4.69, 9.17) is 4.74 Å². The zero-order chi connectivity index (χ0) is 24.2. The largest absolute Gasteiger partial charge is 0.462 e. The topological polar surface area (TPSA) is 98.5 Å². The van der Waals surface area contributed by atoms with Gasteiger partial charge in [-0.1, -0.05) is 48.2 Å². The summed E-state index contributed by atoms with van der Waals surface area (Å²) in [5, 5.41) is 7.93. The molecule has 0 aliphatic heterocycles. The molecule has 0 aliphatic carbocycles. The molecule has 34 heavy (non-hydrogen) atoms. The number of thioether (sulfide) groups is 1. The Morgan fingerprint density at radius 3 is 2.53 bits per heavy atom. The van der Waals surface area contributed by atoms with Gasteiger partial charge in [0.05, 0.1) is 24.3 Å². The van der Waals surface area contributed by atoms with Gasteiger partial charge in [-0.2, -0.15) is 4.98 Å². The van der Waals surface area contributed by atoms with Gasteiger partial charge < -0.3 is 10.1 Å². The Morgan fingerprint density at radius 2 is 1.82 bits per heavy atom. The van der Waals surface area contributed by atoms with E-state index in [2.05, 4.69) is 20.4 Å². The fourth-order valence-corrected chi connectivity index (χ4v) is 4.06. The highest BCUT2D eigenvalue weighted by molar-refractivity contribution is 7.98. The van der Waals surface area contributed by atoms with Crippen molar-refractivity contribution in [2.75, 3.05) is 18.2 Å². The first kappa shape index (κ1) is 23.4. The second-order valence-electron chi connectivity index (χ2n) is 7.64. The second kappa shape index (κ2) is 10.0. The maximum Gasteiger partial charge on any atom is 0.340 e. The Hall–Kier alpha value is -3.72. The highest BCUT2D eigenvalue weighted by atomic mass is 32.2. The van der Waals surface area contributed by atoms with E-state index >= 15 is 0 Å². The minimum atomic E-state index is -0.488. The summed E-state index contributed by atoms with van der Waals surface area (Å²) in [5.74, 6) is -0.251. The quantitative estimate of drug-likeness (QED) is 0.311. The van der Waals surface area contributed by atoms with Gasteiger partial charge in [0.1, 0.15) is 0 Å². The van der Waals surface area contributed by atoms with Crippen LogP contribution in [0.3, 0.4) is 0 Å². The third-order valence-electron chi connectivity index (χ3n) is 5.45. The Morgan fingerprint density at radius 1 is 1.06 bits per heavy atom. The van der Waals surface area contributed by atoms with Crippen molar-refractivity contribution in [2.24, 2.45) is 0 Å². The van der Waals surface area contributed by atoms with E-state index in [1.54, 1.807) is 23.6 Å². The Kier molecular flexibility index (Phi) is 6.93. The number of hydrogen-bond acceptors (Lipinski definition) is 7. The van der Waals surface area contributed by atoms with Gasteiger partial charge in [0.2, 0.25) is 11.1 Å². The lowest BCUT2D eigenvalue weighted by Crippen LogP contribution is -2.20. The monoisotopic (exact) mass is 475 g/mol. The molecule has 8 nitrogen and oxygen atoms in total. The molecule has 0 unspecified atom stereocenters. The average Bonchev–Trinajstić information content (AvgIpc) is 3.26. The van der Waals surface area contributed by atoms with E-state index in [9.17, 15) is 9.59 Å². The summed E-state index contributed by atoms with van der Waals surface area (Å²) >= 11 is 1.43. The molecule has 2 aromatic carbocycles. The zero-order valence-electron chi connectivity index (χ0n) is 19.5. The third kappa shape index (κ3) is 4.79. The molecule has 1 amide bonds. The average molecular weight is 476 g/mol. The van der Waals surface area contributed by atoms with Gasteiger partial charge in [0.15, 0.2) is 0 Å². The molecule has 4 aromatic rings. The second-order valence-corrected chi connectivity index (χ2v) is 8.42. The number of aromatic nitrogens is 4. The first-order valence-electron chi connectivity index (χ1n) is 10.8. The lowest BCUT2D eigenvalue weighted by atomic mass is 10.0. The van der Waals surface area contributed by atoms with Crippen LogP contribution in [0.5, 0.6) is 0 Å². The fraction of sp³-hybridized carbons (Fsp3) is 0.240. The zero-order valence-corrected chi connectivity index (χ0v) is 20.3. The lowest BCUT2D eigenvalue weighted by molar-refractivity contribution is -0.115. The molecular weight excluding hydrogens is 450 g/mol. The Balaban J connectivity index is 1.63. The van der Waals surface area contributed by atoms with Crippen molar-refractivity contribution in [3.8, 4) is 11.1 Å². The lowest BCUT2D eigenvalue weighted by Gasteiger charge is -2.14. The number of fused-ring (bicyclic) bond motifs is 1. The molecule has 0 bridgehead atoms. The highest BCUT2D eigenvalue weighted by Gasteiger charge is 2.19. The van der Waals surface area contributed by atoms with Crippen LogP contribution < -0.4 is 5.32 Å². The van der Waals surface area contributed by atoms with Crippen molar-refractivity contribution in [2.45, 2.75) is 32.3 Å². The molecule has 0 saturated heterocycles. The fourth-order valence-electron chi connectivity index (χ4n) is 3.73. The molecule has 174 valence electrons. The van der Waals surface area contributed by atoms with Crippen molar-refractivity contribution in [3.05, 3.63) is 71.0 Å². The maximum atomic E-state index is 13.0. The van der Waals surface area contributed by atoms with Crippen LogP contribution in [-0.4, -0.2) is 44.3 Å². The summed E-state index contributed by atoms with van der Waals surface area (Å²) in [4.78, 5) is 34.6. The number of carbonyl (C=O) groups is 2. The summed E-state index contributed by atoms with van der Waals surface area (Å²) in [6.45, 7) is 5.73.